The lowest BCUT2D eigenvalue weighted by Crippen LogP contribution is -1.79. The van der Waals surface area contributed by atoms with Crippen LogP contribution in [0.1, 0.15) is 12.5 Å². The fourth-order valence-electron chi connectivity index (χ4n) is 1.34. The minimum absolute atomic E-state index is 1.07. The van der Waals surface area contributed by atoms with Gasteiger partial charge in [-0.3, -0.25) is 5.10 Å². The maximum Gasteiger partial charge on any atom is 0.0653 e. The Labute approximate surface area is 65.2 Å². The monoisotopic (exact) mass is 146 g/mol. The second-order valence-corrected chi connectivity index (χ2v) is 2.60. The van der Waals surface area contributed by atoms with Crippen molar-refractivity contribution in [1.29, 1.82) is 0 Å². The van der Waals surface area contributed by atoms with Gasteiger partial charge in [-0.1, -0.05) is 19.1 Å². The van der Waals surface area contributed by atoms with E-state index in [1.54, 1.807) is 0 Å². The van der Waals surface area contributed by atoms with E-state index in [-0.39, 0.29) is 0 Å². The number of hydrogen-bond donors (Lipinski definition) is 1. The van der Waals surface area contributed by atoms with Gasteiger partial charge in [-0.25, -0.2) is 0 Å². The second kappa shape index (κ2) is 2.38. The number of rotatable bonds is 1. The zero-order valence-corrected chi connectivity index (χ0v) is 6.46. The number of aromatic nitrogens is 2. The summed E-state index contributed by atoms with van der Waals surface area (Å²) in [5.41, 5.74) is 2.49. The van der Waals surface area contributed by atoms with Crippen LogP contribution in [0.4, 0.5) is 0 Å². The third-order valence-electron chi connectivity index (χ3n) is 1.96. The van der Waals surface area contributed by atoms with Crippen molar-refractivity contribution in [2.24, 2.45) is 0 Å². The molecule has 2 aromatic rings. The minimum atomic E-state index is 1.07. The average Bonchev–Trinajstić information content (AvgIpc) is 2.50. The normalized spacial score (nSPS) is 10.6. The van der Waals surface area contributed by atoms with Gasteiger partial charge in [0, 0.05) is 5.39 Å². The van der Waals surface area contributed by atoms with E-state index in [1.807, 2.05) is 12.3 Å². The third-order valence-corrected chi connectivity index (χ3v) is 1.96. The third kappa shape index (κ3) is 0.909. The molecule has 0 spiro atoms. The molecule has 56 valence electrons. The predicted molar refractivity (Wildman–Crippen MR) is 45.5 cm³/mol. The van der Waals surface area contributed by atoms with Gasteiger partial charge in [-0.2, -0.15) is 5.10 Å². The largest absolute Gasteiger partial charge is 0.278 e. The quantitative estimate of drug-likeness (QED) is 0.656. The van der Waals surface area contributed by atoms with Crippen molar-refractivity contribution >= 4 is 10.9 Å². The molecule has 0 saturated carbocycles. The highest BCUT2D eigenvalue weighted by atomic mass is 15.1. The lowest BCUT2D eigenvalue weighted by atomic mass is 10.1. The smallest absolute Gasteiger partial charge is 0.0653 e. The summed E-state index contributed by atoms with van der Waals surface area (Å²) in [7, 11) is 0. The van der Waals surface area contributed by atoms with Gasteiger partial charge >= 0.3 is 0 Å². The summed E-state index contributed by atoms with van der Waals surface area (Å²) < 4.78 is 0. The van der Waals surface area contributed by atoms with E-state index in [0.29, 0.717) is 0 Å². The lowest BCUT2D eigenvalue weighted by molar-refractivity contribution is 1.12. The second-order valence-electron chi connectivity index (χ2n) is 2.60. The number of nitrogens with one attached hydrogen (secondary N) is 1. The van der Waals surface area contributed by atoms with Crippen LogP contribution in [-0.2, 0) is 6.42 Å². The lowest BCUT2D eigenvalue weighted by Gasteiger charge is -1.95. The molecule has 0 amide bonds. The maximum atomic E-state index is 3.98. The van der Waals surface area contributed by atoms with Gasteiger partial charge in [-0.15, -0.1) is 0 Å². The van der Waals surface area contributed by atoms with Crippen molar-refractivity contribution in [1.82, 2.24) is 10.2 Å². The van der Waals surface area contributed by atoms with Crippen LogP contribution in [-0.4, -0.2) is 10.2 Å². The van der Waals surface area contributed by atoms with Gasteiger partial charge in [0.1, 0.15) is 0 Å². The summed E-state index contributed by atoms with van der Waals surface area (Å²) in [5, 5.41) is 8.17. The zero-order valence-electron chi connectivity index (χ0n) is 6.46. The van der Waals surface area contributed by atoms with Crippen LogP contribution in [0.3, 0.4) is 0 Å². The van der Waals surface area contributed by atoms with E-state index in [9.17, 15) is 0 Å². The summed E-state index contributed by atoms with van der Waals surface area (Å²) >= 11 is 0. The van der Waals surface area contributed by atoms with Gasteiger partial charge in [0.05, 0.1) is 11.7 Å². The van der Waals surface area contributed by atoms with Crippen molar-refractivity contribution in [3.63, 3.8) is 0 Å². The molecule has 1 aromatic heterocycles. The zero-order chi connectivity index (χ0) is 7.68. The Hall–Kier alpha value is -1.31. The molecule has 0 aliphatic carbocycles. The molecular weight excluding hydrogens is 136 g/mol. The number of H-pyrrole nitrogens is 1. The van der Waals surface area contributed by atoms with E-state index in [4.69, 9.17) is 0 Å². The van der Waals surface area contributed by atoms with Crippen LogP contribution < -0.4 is 0 Å². The molecule has 0 bridgehead atoms. The molecule has 0 aliphatic rings. The van der Waals surface area contributed by atoms with Gasteiger partial charge in [-0.05, 0) is 18.1 Å². The van der Waals surface area contributed by atoms with Crippen LogP contribution in [0, 0.1) is 0 Å². The Morgan fingerprint density at radius 3 is 3.18 bits per heavy atom. The van der Waals surface area contributed by atoms with Crippen LogP contribution >= 0.6 is 0 Å². The molecule has 2 rings (SSSR count). The summed E-state index contributed by atoms with van der Waals surface area (Å²) in [6.45, 7) is 2.15. The molecule has 11 heavy (non-hydrogen) atoms. The van der Waals surface area contributed by atoms with E-state index >= 15 is 0 Å². The number of aromatic amines is 1. The molecule has 1 heterocycles. The number of hydrogen-bond acceptors (Lipinski definition) is 1. The van der Waals surface area contributed by atoms with Crippen LogP contribution in [0.2, 0.25) is 0 Å². The molecule has 2 heteroatoms. The molecule has 0 radical (unpaired) electrons. The molecule has 0 atom stereocenters. The van der Waals surface area contributed by atoms with Crippen LogP contribution in [0.15, 0.2) is 24.4 Å². The highest BCUT2D eigenvalue weighted by Gasteiger charge is 1.98. The first kappa shape index (κ1) is 6.40. The minimum Gasteiger partial charge on any atom is -0.278 e. The topological polar surface area (TPSA) is 28.7 Å². The fourth-order valence-corrected chi connectivity index (χ4v) is 1.34. The van der Waals surface area contributed by atoms with Crippen molar-refractivity contribution < 1.29 is 0 Å². The molecule has 0 unspecified atom stereocenters. The number of benzene rings is 1. The van der Waals surface area contributed by atoms with Crippen molar-refractivity contribution in [3.8, 4) is 0 Å². The van der Waals surface area contributed by atoms with Crippen molar-refractivity contribution in [3.05, 3.63) is 30.0 Å². The maximum absolute atomic E-state index is 3.98. The highest BCUT2D eigenvalue weighted by Crippen LogP contribution is 2.15. The van der Waals surface area contributed by atoms with E-state index in [0.717, 1.165) is 11.9 Å². The van der Waals surface area contributed by atoms with Gasteiger partial charge in [0.2, 0.25) is 0 Å². The molecule has 0 saturated heterocycles. The summed E-state index contributed by atoms with van der Waals surface area (Å²) in [6.07, 6.45) is 2.95. The summed E-state index contributed by atoms with van der Waals surface area (Å²) in [6, 6.07) is 6.23. The van der Waals surface area contributed by atoms with Crippen LogP contribution in [0.5, 0.6) is 0 Å². The molecule has 0 aliphatic heterocycles. The summed E-state index contributed by atoms with van der Waals surface area (Å²) in [4.78, 5) is 0. The Morgan fingerprint density at radius 2 is 2.36 bits per heavy atom. The number of nitrogens with zero attached hydrogens (tertiary/aromatic N) is 1. The van der Waals surface area contributed by atoms with Gasteiger partial charge in [0.15, 0.2) is 0 Å². The average molecular weight is 146 g/mol. The first-order valence-corrected chi connectivity index (χ1v) is 3.83. The molecular formula is C9H10N2. The summed E-state index contributed by atoms with van der Waals surface area (Å²) in [5.74, 6) is 0. The molecule has 1 aromatic carbocycles. The molecule has 1 N–H and O–H groups in total. The first-order valence-electron chi connectivity index (χ1n) is 3.83. The molecule has 0 fully saturated rings. The van der Waals surface area contributed by atoms with Gasteiger partial charge in [0.25, 0.3) is 0 Å². The fraction of sp³-hybridized carbons (Fsp3) is 0.222. The SMILES string of the molecule is CCc1cccc2[nH]ncc12. The standard InChI is InChI=1S/C9H10N2/c1-2-7-4-3-5-9-8(7)6-10-11-9/h3-6H,2H2,1H3,(H,10,11). The Morgan fingerprint density at radius 1 is 1.45 bits per heavy atom. The Kier molecular flexibility index (Phi) is 1.39. The van der Waals surface area contributed by atoms with E-state index in [2.05, 4.69) is 29.3 Å². The van der Waals surface area contributed by atoms with E-state index < -0.39 is 0 Å². The highest BCUT2D eigenvalue weighted by molar-refractivity contribution is 5.81. The Bertz CT molecular complexity index is 362. The van der Waals surface area contributed by atoms with E-state index in [1.165, 1.54) is 10.9 Å². The number of fused-ring (bicyclic) bond motifs is 1. The van der Waals surface area contributed by atoms with Crippen LogP contribution in [0.25, 0.3) is 10.9 Å². The van der Waals surface area contributed by atoms with Crippen molar-refractivity contribution in [2.45, 2.75) is 13.3 Å². The Balaban J connectivity index is 2.79. The predicted octanol–water partition coefficient (Wildman–Crippen LogP) is 2.13. The number of aryl methyl sites for hydroxylation is 1. The van der Waals surface area contributed by atoms with Gasteiger partial charge < -0.3 is 0 Å². The first-order chi connectivity index (χ1) is 5.42. The van der Waals surface area contributed by atoms with Crippen molar-refractivity contribution in [2.75, 3.05) is 0 Å². The molecule has 2 nitrogen and oxygen atoms in total.